The summed E-state index contributed by atoms with van der Waals surface area (Å²) in [5, 5.41) is 12.5. The van der Waals surface area contributed by atoms with E-state index in [0.29, 0.717) is 11.6 Å². The van der Waals surface area contributed by atoms with Crippen LogP contribution in [-0.2, 0) is 6.54 Å². The molecule has 3 aromatic heterocycles. The van der Waals surface area contributed by atoms with Crippen molar-refractivity contribution in [2.45, 2.75) is 20.4 Å². The van der Waals surface area contributed by atoms with Crippen LogP contribution in [0.1, 0.15) is 13.8 Å². The first-order chi connectivity index (χ1) is 8.74. The van der Waals surface area contributed by atoms with Crippen LogP contribution in [0, 0.1) is 5.92 Å². The predicted molar refractivity (Wildman–Crippen MR) is 67.7 cm³/mol. The highest BCUT2D eigenvalue weighted by Crippen LogP contribution is 2.22. The number of hydrogen-bond acceptors (Lipinski definition) is 4. The molecule has 0 bridgehead atoms. The predicted octanol–water partition coefficient (Wildman–Crippen LogP) is 1.87. The molecule has 0 amide bonds. The van der Waals surface area contributed by atoms with Crippen LogP contribution in [0.4, 0.5) is 0 Å². The maximum atomic E-state index is 4.53. The Morgan fingerprint density at radius 1 is 1.39 bits per heavy atom. The van der Waals surface area contributed by atoms with Crippen molar-refractivity contribution in [2.75, 3.05) is 0 Å². The van der Waals surface area contributed by atoms with Crippen LogP contribution in [0.5, 0.6) is 0 Å². The molecule has 0 aromatic carbocycles. The fourth-order valence-corrected chi connectivity index (χ4v) is 1.92. The lowest BCUT2D eigenvalue weighted by molar-refractivity contribution is 0.484. The molecule has 0 fully saturated rings. The first-order valence-electron chi connectivity index (χ1n) is 5.92. The maximum Gasteiger partial charge on any atom is 0.184 e. The Morgan fingerprint density at radius 2 is 2.28 bits per heavy atom. The van der Waals surface area contributed by atoms with Gasteiger partial charge in [0.2, 0.25) is 0 Å². The van der Waals surface area contributed by atoms with Crippen molar-refractivity contribution >= 4 is 11.0 Å². The van der Waals surface area contributed by atoms with Gasteiger partial charge in [0, 0.05) is 18.9 Å². The summed E-state index contributed by atoms with van der Waals surface area (Å²) in [7, 11) is 0. The average Bonchev–Trinajstić information content (AvgIpc) is 2.94. The summed E-state index contributed by atoms with van der Waals surface area (Å²) >= 11 is 0. The van der Waals surface area contributed by atoms with Gasteiger partial charge in [-0.25, -0.2) is 9.97 Å². The molecule has 0 saturated heterocycles. The Kier molecular flexibility index (Phi) is 2.55. The highest BCUT2D eigenvalue weighted by Gasteiger charge is 2.11. The number of rotatable bonds is 3. The van der Waals surface area contributed by atoms with Crippen LogP contribution in [0.3, 0.4) is 0 Å². The van der Waals surface area contributed by atoms with Gasteiger partial charge in [0.15, 0.2) is 5.65 Å². The van der Waals surface area contributed by atoms with Crippen molar-refractivity contribution < 1.29 is 0 Å². The van der Waals surface area contributed by atoms with Gasteiger partial charge in [-0.15, -0.1) is 0 Å². The van der Waals surface area contributed by atoms with Crippen molar-refractivity contribution in [1.82, 2.24) is 29.9 Å². The molecule has 0 saturated carbocycles. The van der Waals surface area contributed by atoms with Crippen molar-refractivity contribution in [3.8, 4) is 11.4 Å². The minimum Gasteiger partial charge on any atom is -0.273 e. The molecule has 3 rings (SSSR count). The second-order valence-electron chi connectivity index (χ2n) is 4.68. The Hall–Kier alpha value is -2.24. The smallest absolute Gasteiger partial charge is 0.184 e. The highest BCUT2D eigenvalue weighted by molar-refractivity contribution is 5.88. The first kappa shape index (κ1) is 10.9. The van der Waals surface area contributed by atoms with E-state index in [2.05, 4.69) is 39.1 Å². The Morgan fingerprint density at radius 3 is 3.11 bits per heavy atom. The minimum atomic E-state index is 0.569. The lowest BCUT2D eigenvalue weighted by atomic mass is 10.2. The second-order valence-corrected chi connectivity index (χ2v) is 4.68. The van der Waals surface area contributed by atoms with Gasteiger partial charge in [-0.1, -0.05) is 13.8 Å². The molecule has 1 N–H and O–H groups in total. The molecule has 0 spiro atoms. The SMILES string of the molecule is CC(C)Cn1ccc(-c2[nH]nc3ncncc23)n1. The third kappa shape index (κ3) is 1.85. The molecule has 3 aromatic rings. The van der Waals surface area contributed by atoms with Gasteiger partial charge in [-0.05, 0) is 12.0 Å². The van der Waals surface area contributed by atoms with Crippen molar-refractivity contribution in [1.29, 1.82) is 0 Å². The largest absolute Gasteiger partial charge is 0.273 e. The molecule has 0 aliphatic carbocycles. The van der Waals surface area contributed by atoms with Crippen LogP contribution in [-0.4, -0.2) is 29.9 Å². The van der Waals surface area contributed by atoms with E-state index < -0.39 is 0 Å². The Balaban J connectivity index is 2.01. The van der Waals surface area contributed by atoms with E-state index in [4.69, 9.17) is 0 Å². The molecular formula is C12H14N6. The van der Waals surface area contributed by atoms with Gasteiger partial charge in [-0.3, -0.25) is 9.78 Å². The molecule has 0 atom stereocenters. The van der Waals surface area contributed by atoms with E-state index in [0.717, 1.165) is 23.3 Å². The zero-order valence-electron chi connectivity index (χ0n) is 10.3. The van der Waals surface area contributed by atoms with E-state index in [-0.39, 0.29) is 0 Å². The monoisotopic (exact) mass is 242 g/mol. The van der Waals surface area contributed by atoms with E-state index in [1.165, 1.54) is 6.33 Å². The van der Waals surface area contributed by atoms with Gasteiger partial charge in [0.25, 0.3) is 0 Å². The highest BCUT2D eigenvalue weighted by atomic mass is 15.3. The second kappa shape index (κ2) is 4.21. The van der Waals surface area contributed by atoms with Crippen molar-refractivity contribution in [3.63, 3.8) is 0 Å². The fourth-order valence-electron chi connectivity index (χ4n) is 1.92. The molecule has 3 heterocycles. The molecule has 0 aliphatic heterocycles. The number of H-pyrrole nitrogens is 1. The molecule has 92 valence electrons. The zero-order valence-corrected chi connectivity index (χ0v) is 10.3. The normalized spacial score (nSPS) is 11.5. The lowest BCUT2D eigenvalue weighted by Gasteiger charge is -2.03. The van der Waals surface area contributed by atoms with Gasteiger partial charge in [-0.2, -0.15) is 10.2 Å². The van der Waals surface area contributed by atoms with E-state index in [1.54, 1.807) is 6.20 Å². The number of nitrogens with one attached hydrogen (secondary N) is 1. The Bertz CT molecular complexity index is 666. The number of aromatic amines is 1. The summed E-state index contributed by atoms with van der Waals surface area (Å²) in [6.07, 6.45) is 5.22. The first-order valence-corrected chi connectivity index (χ1v) is 5.92. The summed E-state index contributed by atoms with van der Waals surface area (Å²) in [5.41, 5.74) is 2.40. The van der Waals surface area contributed by atoms with Gasteiger partial charge >= 0.3 is 0 Å². The molecule has 0 unspecified atom stereocenters. The third-order valence-corrected chi connectivity index (χ3v) is 2.68. The Labute approximate surface area is 104 Å². The molecule has 0 aliphatic rings. The van der Waals surface area contributed by atoms with E-state index >= 15 is 0 Å². The van der Waals surface area contributed by atoms with Crippen LogP contribution < -0.4 is 0 Å². The standard InChI is InChI=1S/C12H14N6/c1-8(2)6-18-4-3-10(17-18)11-9-5-13-7-14-12(9)16-15-11/h3-5,7-8H,6H2,1-2H3,(H,13,14,15,16). The minimum absolute atomic E-state index is 0.569. The fraction of sp³-hybridized carbons (Fsp3) is 0.333. The third-order valence-electron chi connectivity index (χ3n) is 2.68. The van der Waals surface area contributed by atoms with Crippen LogP contribution in [0.15, 0.2) is 24.8 Å². The summed E-state index contributed by atoms with van der Waals surface area (Å²) < 4.78 is 1.94. The van der Waals surface area contributed by atoms with Crippen molar-refractivity contribution in [3.05, 3.63) is 24.8 Å². The van der Waals surface area contributed by atoms with Crippen LogP contribution in [0.25, 0.3) is 22.4 Å². The van der Waals surface area contributed by atoms with Crippen molar-refractivity contribution in [2.24, 2.45) is 5.92 Å². The summed E-state index contributed by atoms with van der Waals surface area (Å²) in [5.74, 6) is 0.569. The summed E-state index contributed by atoms with van der Waals surface area (Å²) in [4.78, 5) is 8.12. The van der Waals surface area contributed by atoms with E-state index in [9.17, 15) is 0 Å². The topological polar surface area (TPSA) is 72.3 Å². The molecular weight excluding hydrogens is 228 g/mol. The summed E-state index contributed by atoms with van der Waals surface area (Å²) in [6.45, 7) is 5.24. The van der Waals surface area contributed by atoms with Crippen LogP contribution in [0.2, 0.25) is 0 Å². The van der Waals surface area contributed by atoms with Gasteiger partial charge < -0.3 is 0 Å². The number of aromatic nitrogens is 6. The maximum absolute atomic E-state index is 4.53. The summed E-state index contributed by atoms with van der Waals surface area (Å²) in [6, 6.07) is 1.97. The number of fused-ring (bicyclic) bond motifs is 1. The molecule has 6 nitrogen and oxygen atoms in total. The molecule has 0 radical (unpaired) electrons. The zero-order chi connectivity index (χ0) is 12.5. The van der Waals surface area contributed by atoms with E-state index in [1.807, 2.05) is 16.9 Å². The number of hydrogen-bond donors (Lipinski definition) is 1. The quantitative estimate of drug-likeness (QED) is 0.761. The number of nitrogens with zero attached hydrogens (tertiary/aromatic N) is 5. The molecule has 18 heavy (non-hydrogen) atoms. The van der Waals surface area contributed by atoms with Gasteiger partial charge in [0.05, 0.1) is 11.1 Å². The van der Waals surface area contributed by atoms with Crippen LogP contribution >= 0.6 is 0 Å². The molecule has 6 heteroatoms. The average molecular weight is 242 g/mol. The lowest BCUT2D eigenvalue weighted by Crippen LogP contribution is -2.04. The van der Waals surface area contributed by atoms with Gasteiger partial charge in [0.1, 0.15) is 12.0 Å².